The van der Waals surface area contributed by atoms with Crippen LogP contribution in [0.1, 0.15) is 66.7 Å². The second kappa shape index (κ2) is 6.93. The van der Waals surface area contributed by atoms with E-state index in [1.165, 1.54) is 19.3 Å². The van der Waals surface area contributed by atoms with Gasteiger partial charge in [-0.25, -0.2) is 0 Å². The number of carboxylic acid groups (broad SMARTS) is 1. The van der Waals surface area contributed by atoms with Crippen molar-refractivity contribution in [2.75, 3.05) is 0 Å². The average molecular weight is 228 g/mol. The first-order chi connectivity index (χ1) is 7.29. The maximum Gasteiger partial charge on any atom is 0.309 e. The van der Waals surface area contributed by atoms with Crippen molar-refractivity contribution in [3.05, 3.63) is 0 Å². The number of hydrogen-bond donors (Lipinski definition) is 1. The van der Waals surface area contributed by atoms with Gasteiger partial charge in [-0.05, 0) is 38.5 Å². The van der Waals surface area contributed by atoms with E-state index >= 15 is 0 Å². The van der Waals surface area contributed by atoms with Crippen LogP contribution in [0.3, 0.4) is 0 Å². The van der Waals surface area contributed by atoms with Crippen molar-refractivity contribution in [3.8, 4) is 0 Å². The first-order valence-electron chi connectivity index (χ1n) is 6.53. The fraction of sp³-hybridized carbons (Fsp3) is 0.929. The Morgan fingerprint density at radius 2 is 1.81 bits per heavy atom. The fourth-order valence-corrected chi connectivity index (χ4v) is 2.40. The van der Waals surface area contributed by atoms with Gasteiger partial charge in [0.25, 0.3) is 0 Å². The largest absolute Gasteiger partial charge is 0.481 e. The normalized spacial score (nSPS) is 15.8. The molecule has 0 aromatic carbocycles. The summed E-state index contributed by atoms with van der Waals surface area (Å²) in [6.07, 6.45) is 5.74. The van der Waals surface area contributed by atoms with Gasteiger partial charge in [0.15, 0.2) is 0 Å². The molecule has 0 bridgehead atoms. The SMILES string of the molecule is CCCCC(C)CC(C)CC(C)(C)C(=O)O. The summed E-state index contributed by atoms with van der Waals surface area (Å²) in [7, 11) is 0. The van der Waals surface area contributed by atoms with Gasteiger partial charge in [0.2, 0.25) is 0 Å². The van der Waals surface area contributed by atoms with Crippen LogP contribution in [0.15, 0.2) is 0 Å². The van der Waals surface area contributed by atoms with Crippen LogP contribution >= 0.6 is 0 Å². The van der Waals surface area contributed by atoms with Crippen molar-refractivity contribution in [1.29, 1.82) is 0 Å². The summed E-state index contributed by atoms with van der Waals surface area (Å²) < 4.78 is 0. The predicted octanol–water partition coefficient (Wildman–Crippen LogP) is 4.34. The maximum atomic E-state index is 11.0. The van der Waals surface area contributed by atoms with Gasteiger partial charge in [-0.3, -0.25) is 4.79 Å². The minimum atomic E-state index is -0.680. The summed E-state index contributed by atoms with van der Waals surface area (Å²) in [5, 5.41) is 9.07. The molecule has 96 valence electrons. The van der Waals surface area contributed by atoms with Gasteiger partial charge in [0, 0.05) is 0 Å². The van der Waals surface area contributed by atoms with E-state index in [1.54, 1.807) is 0 Å². The Labute approximate surface area is 100 Å². The minimum Gasteiger partial charge on any atom is -0.481 e. The Balaban J connectivity index is 3.98. The zero-order valence-corrected chi connectivity index (χ0v) is 11.5. The molecule has 0 fully saturated rings. The predicted molar refractivity (Wildman–Crippen MR) is 68.5 cm³/mol. The van der Waals surface area contributed by atoms with Crippen molar-refractivity contribution in [2.45, 2.75) is 66.7 Å². The van der Waals surface area contributed by atoms with Crippen molar-refractivity contribution in [3.63, 3.8) is 0 Å². The fourth-order valence-electron chi connectivity index (χ4n) is 2.40. The molecule has 16 heavy (non-hydrogen) atoms. The summed E-state index contributed by atoms with van der Waals surface area (Å²) in [6, 6.07) is 0. The molecule has 1 N–H and O–H groups in total. The third-order valence-electron chi connectivity index (χ3n) is 3.29. The van der Waals surface area contributed by atoms with Crippen LogP contribution in [0.5, 0.6) is 0 Å². The van der Waals surface area contributed by atoms with Crippen molar-refractivity contribution in [1.82, 2.24) is 0 Å². The molecule has 2 nitrogen and oxygen atoms in total. The van der Waals surface area contributed by atoms with Crippen molar-refractivity contribution < 1.29 is 9.90 Å². The van der Waals surface area contributed by atoms with E-state index in [2.05, 4.69) is 20.8 Å². The lowest BCUT2D eigenvalue weighted by Gasteiger charge is -2.25. The number of unbranched alkanes of at least 4 members (excludes halogenated alkanes) is 1. The Kier molecular flexibility index (Phi) is 6.70. The number of rotatable bonds is 8. The molecule has 2 heteroatoms. The topological polar surface area (TPSA) is 37.3 Å². The summed E-state index contributed by atoms with van der Waals surface area (Å²) in [5.74, 6) is 0.540. The van der Waals surface area contributed by atoms with Crippen LogP contribution in [0.2, 0.25) is 0 Å². The molecule has 0 saturated heterocycles. The molecular weight excluding hydrogens is 200 g/mol. The second-order valence-corrected chi connectivity index (χ2v) is 5.98. The summed E-state index contributed by atoms with van der Waals surface area (Å²) in [4.78, 5) is 11.0. The van der Waals surface area contributed by atoms with Crippen LogP contribution in [0.25, 0.3) is 0 Å². The van der Waals surface area contributed by atoms with Crippen LogP contribution in [-0.2, 0) is 4.79 Å². The second-order valence-electron chi connectivity index (χ2n) is 5.98. The van der Waals surface area contributed by atoms with E-state index in [1.807, 2.05) is 13.8 Å². The van der Waals surface area contributed by atoms with Gasteiger partial charge in [0.1, 0.15) is 0 Å². The lowest BCUT2D eigenvalue weighted by atomic mass is 9.80. The zero-order valence-electron chi connectivity index (χ0n) is 11.5. The molecule has 0 rings (SSSR count). The molecule has 0 aliphatic carbocycles. The first-order valence-corrected chi connectivity index (χ1v) is 6.53. The minimum absolute atomic E-state index is 0.498. The molecule has 0 aliphatic heterocycles. The van der Waals surface area contributed by atoms with Gasteiger partial charge in [-0.2, -0.15) is 0 Å². The third-order valence-corrected chi connectivity index (χ3v) is 3.29. The standard InChI is InChI=1S/C14H28O2/c1-6-7-8-11(2)9-12(3)10-14(4,5)13(15)16/h11-12H,6-10H2,1-5H3,(H,15,16). The van der Waals surface area contributed by atoms with Crippen LogP contribution in [0.4, 0.5) is 0 Å². The summed E-state index contributed by atoms with van der Waals surface area (Å²) in [5.41, 5.74) is -0.579. The maximum absolute atomic E-state index is 11.0. The summed E-state index contributed by atoms with van der Waals surface area (Å²) >= 11 is 0. The van der Waals surface area contributed by atoms with Gasteiger partial charge in [-0.15, -0.1) is 0 Å². The van der Waals surface area contributed by atoms with Crippen LogP contribution < -0.4 is 0 Å². The van der Waals surface area contributed by atoms with Crippen LogP contribution in [-0.4, -0.2) is 11.1 Å². The average Bonchev–Trinajstić information content (AvgIpc) is 2.13. The van der Waals surface area contributed by atoms with Crippen molar-refractivity contribution >= 4 is 5.97 Å². The quantitative estimate of drug-likeness (QED) is 0.671. The van der Waals surface area contributed by atoms with E-state index < -0.39 is 11.4 Å². The Morgan fingerprint density at radius 1 is 1.25 bits per heavy atom. The number of hydrogen-bond acceptors (Lipinski definition) is 1. The highest BCUT2D eigenvalue weighted by Crippen LogP contribution is 2.30. The molecule has 0 amide bonds. The number of aliphatic carboxylic acids is 1. The molecule has 0 spiro atoms. The van der Waals surface area contributed by atoms with Gasteiger partial charge >= 0.3 is 5.97 Å². The van der Waals surface area contributed by atoms with E-state index in [0.29, 0.717) is 5.92 Å². The molecule has 0 saturated carbocycles. The summed E-state index contributed by atoms with van der Waals surface area (Å²) in [6.45, 7) is 10.3. The first kappa shape index (κ1) is 15.5. The molecule has 2 atom stereocenters. The van der Waals surface area contributed by atoms with E-state index in [9.17, 15) is 4.79 Å². The molecule has 0 aromatic rings. The number of carboxylic acids is 1. The zero-order chi connectivity index (χ0) is 12.8. The van der Waals surface area contributed by atoms with Crippen molar-refractivity contribution in [2.24, 2.45) is 17.3 Å². The van der Waals surface area contributed by atoms with E-state index in [4.69, 9.17) is 5.11 Å². The highest BCUT2D eigenvalue weighted by atomic mass is 16.4. The molecule has 0 aromatic heterocycles. The molecule has 2 unspecified atom stereocenters. The lowest BCUT2D eigenvalue weighted by molar-refractivity contribution is -0.147. The van der Waals surface area contributed by atoms with Gasteiger partial charge in [0.05, 0.1) is 5.41 Å². The lowest BCUT2D eigenvalue weighted by Crippen LogP contribution is -2.26. The molecule has 0 heterocycles. The molecular formula is C14H28O2. The van der Waals surface area contributed by atoms with E-state index in [0.717, 1.165) is 18.8 Å². The highest BCUT2D eigenvalue weighted by Gasteiger charge is 2.29. The molecule has 0 aliphatic rings. The highest BCUT2D eigenvalue weighted by molar-refractivity contribution is 5.73. The Hall–Kier alpha value is -0.530. The van der Waals surface area contributed by atoms with Gasteiger partial charge in [-0.1, -0.05) is 40.0 Å². The molecule has 0 radical (unpaired) electrons. The Bertz CT molecular complexity index is 209. The van der Waals surface area contributed by atoms with Gasteiger partial charge < -0.3 is 5.11 Å². The Morgan fingerprint density at radius 3 is 2.25 bits per heavy atom. The van der Waals surface area contributed by atoms with E-state index in [-0.39, 0.29) is 0 Å². The monoisotopic (exact) mass is 228 g/mol. The van der Waals surface area contributed by atoms with Crippen LogP contribution in [0, 0.1) is 17.3 Å². The number of carbonyl (C=O) groups is 1. The third kappa shape index (κ3) is 6.14. The smallest absolute Gasteiger partial charge is 0.309 e.